The van der Waals surface area contributed by atoms with Crippen LogP contribution in [0.5, 0.6) is 5.75 Å². The van der Waals surface area contributed by atoms with Gasteiger partial charge in [0.15, 0.2) is 0 Å². The highest BCUT2D eigenvalue weighted by atomic mass is 16.5. The summed E-state index contributed by atoms with van der Waals surface area (Å²) in [5, 5.41) is 2.83. The average Bonchev–Trinajstić information content (AvgIpc) is 2.73. The largest absolute Gasteiger partial charge is 0.489 e. The maximum atomic E-state index is 12.6. The fraction of sp³-hybridized carbons (Fsp3) is 0.130. The number of carbonyl (C=O) groups is 2. The molecule has 0 aliphatic rings. The van der Waals surface area contributed by atoms with Crippen LogP contribution in [0.3, 0.4) is 0 Å². The van der Waals surface area contributed by atoms with Crippen LogP contribution >= 0.6 is 0 Å². The van der Waals surface area contributed by atoms with Crippen LogP contribution in [0.4, 0.5) is 5.69 Å². The van der Waals surface area contributed by atoms with Crippen molar-refractivity contribution in [3.63, 3.8) is 0 Å². The minimum Gasteiger partial charge on any atom is -0.489 e. The topological polar surface area (TPSA) is 58.6 Å². The van der Waals surface area contributed by atoms with Crippen molar-refractivity contribution in [3.8, 4) is 5.75 Å². The summed E-state index contributed by atoms with van der Waals surface area (Å²) in [6.45, 7) is 0.431. The van der Waals surface area contributed by atoms with E-state index in [1.807, 2.05) is 36.4 Å². The monoisotopic (exact) mass is 374 g/mol. The number of anilines is 1. The molecule has 3 aromatic carbocycles. The van der Waals surface area contributed by atoms with Gasteiger partial charge in [0.25, 0.3) is 11.8 Å². The summed E-state index contributed by atoms with van der Waals surface area (Å²) in [6.07, 6.45) is 0. The van der Waals surface area contributed by atoms with Gasteiger partial charge in [0.1, 0.15) is 12.4 Å². The fourth-order valence-corrected chi connectivity index (χ4v) is 2.66. The Morgan fingerprint density at radius 2 is 1.57 bits per heavy atom. The fourth-order valence-electron chi connectivity index (χ4n) is 2.66. The normalized spacial score (nSPS) is 10.2. The SMILES string of the molecule is CN(C)C(=O)c1cccc(NC(=O)c2cccc(OCc3ccccc3)c2)c1. The molecule has 0 bridgehead atoms. The van der Waals surface area contributed by atoms with Crippen LogP contribution in [0.2, 0.25) is 0 Å². The Kier molecular flexibility index (Phi) is 6.07. The molecule has 0 unspecified atom stereocenters. The second-order valence-corrected chi connectivity index (χ2v) is 6.54. The molecule has 0 aliphatic carbocycles. The molecule has 0 saturated carbocycles. The third-order valence-electron chi connectivity index (χ3n) is 4.12. The van der Waals surface area contributed by atoms with Crippen molar-refractivity contribution in [2.75, 3.05) is 19.4 Å². The summed E-state index contributed by atoms with van der Waals surface area (Å²) >= 11 is 0. The third-order valence-corrected chi connectivity index (χ3v) is 4.12. The summed E-state index contributed by atoms with van der Waals surface area (Å²) < 4.78 is 5.78. The van der Waals surface area contributed by atoms with Gasteiger partial charge in [0.2, 0.25) is 0 Å². The van der Waals surface area contributed by atoms with Gasteiger partial charge in [0, 0.05) is 30.9 Å². The molecule has 0 radical (unpaired) electrons. The number of rotatable bonds is 6. The summed E-state index contributed by atoms with van der Waals surface area (Å²) in [7, 11) is 3.38. The van der Waals surface area contributed by atoms with Crippen LogP contribution < -0.4 is 10.1 Å². The van der Waals surface area contributed by atoms with Gasteiger partial charge in [-0.1, -0.05) is 42.5 Å². The highest BCUT2D eigenvalue weighted by Crippen LogP contribution is 2.18. The lowest BCUT2D eigenvalue weighted by Crippen LogP contribution is -2.22. The van der Waals surface area contributed by atoms with E-state index in [4.69, 9.17) is 4.74 Å². The van der Waals surface area contributed by atoms with Crippen LogP contribution in [-0.2, 0) is 6.61 Å². The number of carbonyl (C=O) groups excluding carboxylic acids is 2. The van der Waals surface area contributed by atoms with Crippen molar-refractivity contribution in [1.29, 1.82) is 0 Å². The zero-order chi connectivity index (χ0) is 19.9. The van der Waals surface area contributed by atoms with Gasteiger partial charge in [-0.15, -0.1) is 0 Å². The molecule has 5 heteroatoms. The van der Waals surface area contributed by atoms with Crippen molar-refractivity contribution < 1.29 is 14.3 Å². The number of hydrogen-bond acceptors (Lipinski definition) is 3. The molecule has 0 aromatic heterocycles. The lowest BCUT2D eigenvalue weighted by molar-refractivity contribution is 0.0827. The standard InChI is InChI=1S/C23H22N2O3/c1-25(2)23(27)19-11-6-12-20(14-19)24-22(26)18-10-7-13-21(15-18)28-16-17-8-4-3-5-9-17/h3-15H,16H2,1-2H3,(H,24,26). The van der Waals surface area contributed by atoms with Crippen molar-refractivity contribution >= 4 is 17.5 Å². The molecule has 5 nitrogen and oxygen atoms in total. The molecule has 3 rings (SSSR count). The molecule has 0 aliphatic heterocycles. The van der Waals surface area contributed by atoms with Crippen LogP contribution in [-0.4, -0.2) is 30.8 Å². The second kappa shape index (κ2) is 8.86. The van der Waals surface area contributed by atoms with Gasteiger partial charge in [-0.3, -0.25) is 9.59 Å². The summed E-state index contributed by atoms with van der Waals surface area (Å²) in [5.74, 6) is 0.236. The Balaban J connectivity index is 1.68. The Bertz CT molecular complexity index is 968. The lowest BCUT2D eigenvalue weighted by atomic mass is 10.1. The van der Waals surface area contributed by atoms with Gasteiger partial charge < -0.3 is 15.0 Å². The van der Waals surface area contributed by atoms with Gasteiger partial charge in [0.05, 0.1) is 0 Å². The smallest absolute Gasteiger partial charge is 0.255 e. The molecule has 3 aromatic rings. The van der Waals surface area contributed by atoms with Crippen molar-refractivity contribution in [1.82, 2.24) is 4.90 Å². The number of nitrogens with one attached hydrogen (secondary N) is 1. The van der Waals surface area contributed by atoms with Crippen molar-refractivity contribution in [2.45, 2.75) is 6.61 Å². The number of benzene rings is 3. The van der Waals surface area contributed by atoms with E-state index in [2.05, 4.69) is 5.32 Å². The molecule has 0 atom stereocenters. The first kappa shape index (κ1) is 19.2. The first-order valence-corrected chi connectivity index (χ1v) is 8.93. The maximum absolute atomic E-state index is 12.6. The van der Waals surface area contributed by atoms with E-state index in [0.29, 0.717) is 29.2 Å². The molecule has 2 amide bonds. The van der Waals surface area contributed by atoms with Crippen LogP contribution in [0.1, 0.15) is 26.3 Å². The number of ether oxygens (including phenoxy) is 1. The molecule has 0 saturated heterocycles. The van der Waals surface area contributed by atoms with Gasteiger partial charge in [-0.25, -0.2) is 0 Å². The molecular weight excluding hydrogens is 352 g/mol. The summed E-state index contributed by atoms with van der Waals surface area (Å²) in [6, 6.07) is 23.7. The van der Waals surface area contributed by atoms with Crippen LogP contribution in [0, 0.1) is 0 Å². The van der Waals surface area contributed by atoms with Gasteiger partial charge in [-0.2, -0.15) is 0 Å². The van der Waals surface area contributed by atoms with Gasteiger partial charge >= 0.3 is 0 Å². The molecule has 0 fully saturated rings. The molecule has 0 heterocycles. The quantitative estimate of drug-likeness (QED) is 0.703. The Labute approximate surface area is 164 Å². The molecular formula is C23H22N2O3. The zero-order valence-electron chi connectivity index (χ0n) is 15.9. The lowest BCUT2D eigenvalue weighted by Gasteiger charge is -2.12. The molecule has 0 spiro atoms. The number of nitrogens with zero attached hydrogens (tertiary/aromatic N) is 1. The van der Waals surface area contributed by atoms with E-state index in [9.17, 15) is 9.59 Å². The summed E-state index contributed by atoms with van der Waals surface area (Å²) in [4.78, 5) is 26.2. The van der Waals surface area contributed by atoms with E-state index in [-0.39, 0.29) is 11.8 Å². The van der Waals surface area contributed by atoms with Crippen molar-refractivity contribution in [3.05, 3.63) is 95.6 Å². The number of amides is 2. The average molecular weight is 374 g/mol. The minimum absolute atomic E-state index is 0.118. The Morgan fingerprint density at radius 3 is 2.32 bits per heavy atom. The zero-order valence-corrected chi connectivity index (χ0v) is 15.9. The van der Waals surface area contributed by atoms with E-state index < -0.39 is 0 Å². The summed E-state index contributed by atoms with van der Waals surface area (Å²) in [5.41, 5.74) is 2.62. The van der Waals surface area contributed by atoms with Crippen LogP contribution in [0.25, 0.3) is 0 Å². The van der Waals surface area contributed by atoms with Gasteiger partial charge in [-0.05, 0) is 42.0 Å². The maximum Gasteiger partial charge on any atom is 0.255 e. The third kappa shape index (κ3) is 4.98. The Hall–Kier alpha value is -3.60. The van der Waals surface area contributed by atoms with E-state index in [1.165, 1.54) is 4.90 Å². The first-order valence-electron chi connectivity index (χ1n) is 8.93. The predicted octanol–water partition coefficient (Wildman–Crippen LogP) is 4.22. The highest BCUT2D eigenvalue weighted by Gasteiger charge is 2.11. The van der Waals surface area contributed by atoms with E-state index in [1.54, 1.807) is 56.6 Å². The molecule has 142 valence electrons. The molecule has 28 heavy (non-hydrogen) atoms. The van der Waals surface area contributed by atoms with Crippen LogP contribution in [0.15, 0.2) is 78.9 Å². The first-order chi connectivity index (χ1) is 13.5. The Morgan fingerprint density at radius 1 is 0.857 bits per heavy atom. The predicted molar refractivity (Wildman–Crippen MR) is 110 cm³/mol. The molecule has 1 N–H and O–H groups in total. The second-order valence-electron chi connectivity index (χ2n) is 6.54. The van der Waals surface area contributed by atoms with E-state index in [0.717, 1.165) is 5.56 Å². The van der Waals surface area contributed by atoms with Crippen molar-refractivity contribution in [2.24, 2.45) is 0 Å². The number of hydrogen-bond donors (Lipinski definition) is 1. The minimum atomic E-state index is -0.264. The van der Waals surface area contributed by atoms with E-state index >= 15 is 0 Å². The highest BCUT2D eigenvalue weighted by molar-refractivity contribution is 6.05.